The number of rotatable bonds is 1. The van der Waals surface area contributed by atoms with Crippen molar-refractivity contribution in [3.05, 3.63) is 67.6 Å². The molecule has 0 radical (unpaired) electrons. The predicted octanol–water partition coefficient (Wildman–Crippen LogP) is 4.65. The van der Waals surface area contributed by atoms with Gasteiger partial charge < -0.3 is 0 Å². The normalized spacial score (nSPS) is 11.0. The number of aromatic nitrogens is 2. The molecule has 21 heavy (non-hydrogen) atoms. The minimum atomic E-state index is -0.218. The van der Waals surface area contributed by atoms with Crippen molar-refractivity contribution in [3.63, 3.8) is 0 Å². The van der Waals surface area contributed by atoms with Crippen LogP contribution in [0.15, 0.2) is 41.2 Å². The summed E-state index contributed by atoms with van der Waals surface area (Å²) in [6.45, 7) is 1.75. The van der Waals surface area contributed by atoms with Gasteiger partial charge in [0, 0.05) is 10.0 Å². The highest BCUT2D eigenvalue weighted by Gasteiger charge is 2.13. The van der Waals surface area contributed by atoms with Crippen LogP contribution >= 0.6 is 34.8 Å². The molecule has 1 aromatic heterocycles. The molecule has 0 unspecified atom stereocenters. The first-order valence-electron chi connectivity index (χ1n) is 6.12. The van der Waals surface area contributed by atoms with E-state index in [1.807, 2.05) is 0 Å². The molecule has 0 fully saturated rings. The van der Waals surface area contributed by atoms with Gasteiger partial charge in [-0.25, -0.2) is 4.98 Å². The Morgan fingerprint density at radius 3 is 2.38 bits per heavy atom. The van der Waals surface area contributed by atoms with E-state index in [0.29, 0.717) is 37.5 Å². The highest BCUT2D eigenvalue weighted by atomic mass is 35.5. The van der Waals surface area contributed by atoms with E-state index < -0.39 is 0 Å². The molecule has 6 heteroatoms. The molecule has 3 nitrogen and oxygen atoms in total. The van der Waals surface area contributed by atoms with Crippen molar-refractivity contribution in [3.8, 4) is 5.69 Å². The van der Waals surface area contributed by atoms with Crippen LogP contribution in [0.5, 0.6) is 0 Å². The summed E-state index contributed by atoms with van der Waals surface area (Å²) in [5.41, 5.74) is 0.922. The lowest BCUT2D eigenvalue weighted by Gasteiger charge is -2.12. The molecule has 0 N–H and O–H groups in total. The Hall–Kier alpha value is -1.55. The van der Waals surface area contributed by atoms with Gasteiger partial charge in [-0.05, 0) is 43.3 Å². The van der Waals surface area contributed by atoms with Gasteiger partial charge in [0.25, 0.3) is 5.56 Å². The molecule has 0 saturated heterocycles. The third-order valence-corrected chi connectivity index (χ3v) is 3.92. The predicted molar refractivity (Wildman–Crippen MR) is 87.1 cm³/mol. The highest BCUT2D eigenvalue weighted by molar-refractivity contribution is 6.35. The van der Waals surface area contributed by atoms with Crippen LogP contribution in [0.3, 0.4) is 0 Å². The maximum absolute atomic E-state index is 12.7. The summed E-state index contributed by atoms with van der Waals surface area (Å²) < 4.78 is 1.46. The van der Waals surface area contributed by atoms with Crippen molar-refractivity contribution in [1.29, 1.82) is 0 Å². The van der Waals surface area contributed by atoms with Gasteiger partial charge >= 0.3 is 0 Å². The SMILES string of the molecule is Cc1nc2ccc(Cl)cc2c(=O)n1-c1ccc(Cl)cc1Cl. The molecular weight excluding hydrogens is 331 g/mol. The number of fused-ring (bicyclic) bond motifs is 1. The maximum Gasteiger partial charge on any atom is 0.266 e. The molecule has 3 aromatic rings. The summed E-state index contributed by atoms with van der Waals surface area (Å²) in [5.74, 6) is 0.541. The van der Waals surface area contributed by atoms with E-state index in [2.05, 4.69) is 4.98 Å². The zero-order valence-electron chi connectivity index (χ0n) is 10.9. The molecule has 2 aromatic carbocycles. The topological polar surface area (TPSA) is 34.9 Å². The first-order valence-corrected chi connectivity index (χ1v) is 7.25. The molecule has 0 saturated carbocycles. The first kappa shape index (κ1) is 14.4. The van der Waals surface area contributed by atoms with Crippen LogP contribution in [0.1, 0.15) is 5.82 Å². The fourth-order valence-corrected chi connectivity index (χ4v) is 2.88. The average molecular weight is 340 g/mol. The second kappa shape index (κ2) is 5.34. The van der Waals surface area contributed by atoms with Gasteiger partial charge in [-0.3, -0.25) is 9.36 Å². The largest absolute Gasteiger partial charge is 0.268 e. The Morgan fingerprint density at radius 2 is 1.67 bits per heavy atom. The lowest BCUT2D eigenvalue weighted by Crippen LogP contribution is -2.22. The Labute approximate surface area is 135 Å². The molecule has 0 aliphatic heterocycles. The summed E-state index contributed by atoms with van der Waals surface area (Å²) in [6, 6.07) is 9.99. The maximum atomic E-state index is 12.7. The number of nitrogens with zero attached hydrogens (tertiary/aromatic N) is 2. The van der Waals surface area contributed by atoms with Gasteiger partial charge in [0.2, 0.25) is 0 Å². The Morgan fingerprint density at radius 1 is 1.00 bits per heavy atom. The lowest BCUT2D eigenvalue weighted by molar-refractivity contribution is 0.895. The van der Waals surface area contributed by atoms with E-state index in [1.54, 1.807) is 43.3 Å². The fourth-order valence-electron chi connectivity index (χ4n) is 2.22. The van der Waals surface area contributed by atoms with Crippen molar-refractivity contribution in [2.24, 2.45) is 0 Å². The van der Waals surface area contributed by atoms with Crippen molar-refractivity contribution < 1.29 is 0 Å². The monoisotopic (exact) mass is 338 g/mol. The molecule has 0 atom stereocenters. The van der Waals surface area contributed by atoms with Gasteiger partial charge in [0.1, 0.15) is 5.82 Å². The van der Waals surface area contributed by atoms with E-state index in [0.717, 1.165) is 0 Å². The summed E-state index contributed by atoms with van der Waals surface area (Å²) in [4.78, 5) is 17.1. The first-order chi connectivity index (χ1) is 9.97. The van der Waals surface area contributed by atoms with Crippen LogP contribution in [0, 0.1) is 6.92 Å². The van der Waals surface area contributed by atoms with Gasteiger partial charge in [-0.15, -0.1) is 0 Å². The van der Waals surface area contributed by atoms with Gasteiger partial charge in [-0.1, -0.05) is 34.8 Å². The quantitative estimate of drug-likeness (QED) is 0.646. The Balaban J connectivity index is 2.40. The molecular formula is C15H9Cl3N2O. The average Bonchev–Trinajstić information content (AvgIpc) is 2.42. The highest BCUT2D eigenvalue weighted by Crippen LogP contribution is 2.25. The minimum Gasteiger partial charge on any atom is -0.268 e. The molecule has 3 rings (SSSR count). The molecule has 0 aliphatic carbocycles. The third-order valence-electron chi connectivity index (χ3n) is 3.15. The lowest BCUT2D eigenvalue weighted by atomic mass is 10.2. The third kappa shape index (κ3) is 2.53. The van der Waals surface area contributed by atoms with E-state index >= 15 is 0 Å². The number of hydrogen-bond donors (Lipinski definition) is 0. The number of aryl methyl sites for hydroxylation is 1. The zero-order chi connectivity index (χ0) is 15.1. The molecule has 0 spiro atoms. The van der Waals surface area contributed by atoms with Crippen LogP contribution in [0.25, 0.3) is 16.6 Å². The van der Waals surface area contributed by atoms with Crippen molar-refractivity contribution in [2.45, 2.75) is 6.92 Å². The van der Waals surface area contributed by atoms with E-state index in [-0.39, 0.29) is 5.56 Å². The van der Waals surface area contributed by atoms with Crippen molar-refractivity contribution >= 4 is 45.7 Å². The molecule has 0 aliphatic rings. The summed E-state index contributed by atoms with van der Waals surface area (Å²) in [7, 11) is 0. The number of hydrogen-bond acceptors (Lipinski definition) is 2. The zero-order valence-corrected chi connectivity index (χ0v) is 13.2. The Kier molecular flexibility index (Phi) is 3.66. The smallest absolute Gasteiger partial charge is 0.266 e. The molecule has 1 heterocycles. The van der Waals surface area contributed by atoms with Gasteiger partial charge in [0.15, 0.2) is 0 Å². The standard InChI is InChI=1S/C15H9Cl3N2O/c1-8-19-13-4-2-9(16)6-11(13)15(21)20(8)14-5-3-10(17)7-12(14)18/h2-7H,1H3. The van der Waals surface area contributed by atoms with Gasteiger partial charge in [-0.2, -0.15) is 0 Å². The van der Waals surface area contributed by atoms with Crippen LogP contribution in [-0.4, -0.2) is 9.55 Å². The van der Waals surface area contributed by atoms with Gasteiger partial charge in [0.05, 0.1) is 21.6 Å². The molecule has 106 valence electrons. The van der Waals surface area contributed by atoms with E-state index in [9.17, 15) is 4.79 Å². The van der Waals surface area contributed by atoms with E-state index in [4.69, 9.17) is 34.8 Å². The van der Waals surface area contributed by atoms with Crippen LogP contribution in [0.2, 0.25) is 15.1 Å². The number of halogens is 3. The minimum absolute atomic E-state index is 0.218. The van der Waals surface area contributed by atoms with Crippen molar-refractivity contribution in [2.75, 3.05) is 0 Å². The Bertz CT molecular complexity index is 919. The summed E-state index contributed by atoms with van der Waals surface area (Å²) in [5, 5.41) is 1.82. The summed E-state index contributed by atoms with van der Waals surface area (Å²) in [6.07, 6.45) is 0. The second-order valence-corrected chi connectivity index (χ2v) is 5.84. The number of benzene rings is 2. The fraction of sp³-hybridized carbons (Fsp3) is 0.0667. The summed E-state index contributed by atoms with van der Waals surface area (Å²) >= 11 is 18.0. The van der Waals surface area contributed by atoms with Crippen LogP contribution in [-0.2, 0) is 0 Å². The van der Waals surface area contributed by atoms with Crippen LogP contribution < -0.4 is 5.56 Å². The molecule has 0 bridgehead atoms. The molecule has 0 amide bonds. The van der Waals surface area contributed by atoms with Crippen LogP contribution in [0.4, 0.5) is 0 Å². The second-order valence-electron chi connectivity index (χ2n) is 4.56. The van der Waals surface area contributed by atoms with E-state index in [1.165, 1.54) is 4.57 Å². The van der Waals surface area contributed by atoms with Crippen molar-refractivity contribution in [1.82, 2.24) is 9.55 Å².